The fourth-order valence-electron chi connectivity index (χ4n) is 5.53. The zero-order chi connectivity index (χ0) is 24.5. The van der Waals surface area contributed by atoms with Gasteiger partial charge in [-0.25, -0.2) is 0 Å². The molecule has 2 aliphatic heterocycles. The molecule has 8 heteroatoms. The van der Waals surface area contributed by atoms with Gasteiger partial charge in [-0.05, 0) is 81.6 Å². The van der Waals surface area contributed by atoms with Crippen molar-refractivity contribution in [2.75, 3.05) is 14.1 Å². The van der Waals surface area contributed by atoms with Crippen LogP contribution in [0.3, 0.4) is 0 Å². The van der Waals surface area contributed by atoms with Crippen molar-refractivity contribution in [1.29, 1.82) is 0 Å². The van der Waals surface area contributed by atoms with Crippen molar-refractivity contribution in [1.82, 2.24) is 25.4 Å². The molecule has 3 heterocycles. The summed E-state index contributed by atoms with van der Waals surface area (Å²) < 4.78 is 0. The van der Waals surface area contributed by atoms with Crippen molar-refractivity contribution in [3.8, 4) is 11.3 Å². The van der Waals surface area contributed by atoms with Gasteiger partial charge < -0.3 is 15.1 Å². The van der Waals surface area contributed by atoms with Crippen molar-refractivity contribution in [3.05, 3.63) is 53.2 Å². The van der Waals surface area contributed by atoms with Gasteiger partial charge in [-0.15, -0.1) is 0 Å². The van der Waals surface area contributed by atoms with Crippen LogP contribution < -0.4 is 10.6 Å². The minimum absolute atomic E-state index is 0.157. The molecule has 2 fully saturated rings. The molecule has 2 aromatic rings. The molecule has 1 aliphatic carbocycles. The second-order valence-corrected chi connectivity index (χ2v) is 10.2. The monoisotopic (exact) mass is 475 g/mol. The zero-order valence-electron chi connectivity index (χ0n) is 20.4. The highest BCUT2D eigenvalue weighted by Gasteiger charge is 2.39. The first-order chi connectivity index (χ1) is 16.9. The molecule has 2 N–H and O–H groups in total. The van der Waals surface area contributed by atoms with E-state index in [2.05, 4.69) is 40.7 Å². The number of benzene rings is 1. The maximum Gasteiger partial charge on any atom is 0.255 e. The summed E-state index contributed by atoms with van der Waals surface area (Å²) in [6.45, 7) is 1.17. The van der Waals surface area contributed by atoms with Crippen LogP contribution in [-0.4, -0.2) is 64.7 Å². The van der Waals surface area contributed by atoms with Crippen LogP contribution in [0.5, 0.6) is 0 Å². The van der Waals surface area contributed by atoms with Gasteiger partial charge in [-0.3, -0.25) is 24.7 Å². The van der Waals surface area contributed by atoms with Crippen LogP contribution in [0.15, 0.2) is 36.5 Å². The number of fused-ring (bicyclic) bond motifs is 1. The molecule has 5 rings (SSSR count). The van der Waals surface area contributed by atoms with E-state index in [0.717, 1.165) is 23.4 Å². The summed E-state index contributed by atoms with van der Waals surface area (Å²) in [5.74, 6) is -0.824. The van der Waals surface area contributed by atoms with Crippen LogP contribution in [-0.2, 0) is 22.7 Å². The Bertz CT molecular complexity index is 1140. The molecule has 0 bridgehead atoms. The third-order valence-electron chi connectivity index (χ3n) is 7.67. The first kappa shape index (κ1) is 23.6. The number of hydrogen-bond acceptors (Lipinski definition) is 6. The minimum Gasteiger partial charge on any atom is -0.322 e. The Labute approximate surface area is 206 Å². The van der Waals surface area contributed by atoms with Gasteiger partial charge in [0, 0.05) is 48.9 Å². The van der Waals surface area contributed by atoms with E-state index in [1.165, 1.54) is 31.2 Å². The van der Waals surface area contributed by atoms with Crippen LogP contribution in [0.2, 0.25) is 0 Å². The van der Waals surface area contributed by atoms with E-state index in [0.29, 0.717) is 30.6 Å². The number of imide groups is 1. The Morgan fingerprint density at radius 1 is 1.06 bits per heavy atom. The van der Waals surface area contributed by atoms with Gasteiger partial charge in [0.15, 0.2) is 0 Å². The Morgan fingerprint density at radius 2 is 1.86 bits per heavy atom. The number of pyridine rings is 1. The van der Waals surface area contributed by atoms with Crippen molar-refractivity contribution in [3.63, 3.8) is 0 Å². The molecule has 1 saturated heterocycles. The Balaban J connectivity index is 1.24. The lowest BCUT2D eigenvalue weighted by molar-refractivity contribution is -0.136. The maximum absolute atomic E-state index is 13.0. The highest BCUT2D eigenvalue weighted by molar-refractivity contribution is 6.05. The average Bonchev–Trinajstić information content (AvgIpc) is 3.18. The van der Waals surface area contributed by atoms with Crippen molar-refractivity contribution in [2.24, 2.45) is 0 Å². The molecule has 184 valence electrons. The quantitative estimate of drug-likeness (QED) is 0.624. The van der Waals surface area contributed by atoms with Crippen LogP contribution >= 0.6 is 0 Å². The summed E-state index contributed by atoms with van der Waals surface area (Å²) in [4.78, 5) is 45.2. The third kappa shape index (κ3) is 4.99. The largest absolute Gasteiger partial charge is 0.322 e. The lowest BCUT2D eigenvalue weighted by Crippen LogP contribution is -2.52. The smallest absolute Gasteiger partial charge is 0.255 e. The average molecular weight is 476 g/mol. The predicted molar refractivity (Wildman–Crippen MR) is 132 cm³/mol. The first-order valence-electron chi connectivity index (χ1n) is 12.5. The summed E-state index contributed by atoms with van der Waals surface area (Å²) in [7, 11) is 4.33. The number of nitrogens with one attached hydrogen (secondary N) is 2. The van der Waals surface area contributed by atoms with E-state index in [1.54, 1.807) is 4.90 Å². The molecule has 0 spiro atoms. The van der Waals surface area contributed by atoms with Crippen LogP contribution in [0.4, 0.5) is 0 Å². The van der Waals surface area contributed by atoms with E-state index in [1.807, 2.05) is 30.5 Å². The maximum atomic E-state index is 13.0. The van der Waals surface area contributed by atoms with Crippen molar-refractivity contribution in [2.45, 2.75) is 69.7 Å². The normalized spacial score (nSPS) is 24.6. The molecule has 1 aromatic carbocycles. The van der Waals surface area contributed by atoms with Crippen molar-refractivity contribution >= 4 is 17.7 Å². The second kappa shape index (κ2) is 9.87. The third-order valence-corrected chi connectivity index (χ3v) is 7.67. The molecule has 1 aromatic heterocycles. The molecule has 8 nitrogen and oxygen atoms in total. The highest BCUT2D eigenvalue weighted by Crippen LogP contribution is 2.31. The number of rotatable bonds is 6. The molecule has 1 atom stereocenters. The van der Waals surface area contributed by atoms with Crippen LogP contribution in [0, 0.1) is 0 Å². The fraction of sp³-hybridized carbons (Fsp3) is 0.481. The van der Waals surface area contributed by atoms with Crippen molar-refractivity contribution < 1.29 is 14.4 Å². The standard InChI is InChI=1S/C27H33N5O3/c1-31(2)21-6-4-20(5-7-21)29-15-17-11-12-28-23(13-17)18-3-8-22-19(14-18)16-32(27(22)35)24-9-10-25(33)30-26(24)34/h3,8,11-14,20-21,24,29H,4-7,9-10,15-16H2,1-2H3,(H,30,33,34). The van der Waals surface area contributed by atoms with Gasteiger partial charge in [-0.2, -0.15) is 0 Å². The van der Waals surface area contributed by atoms with Gasteiger partial charge in [0.25, 0.3) is 5.91 Å². The predicted octanol–water partition coefficient (Wildman–Crippen LogP) is 2.47. The number of carbonyl (C=O) groups excluding carboxylic acids is 3. The van der Waals surface area contributed by atoms with Gasteiger partial charge in [0.2, 0.25) is 11.8 Å². The molecule has 1 unspecified atom stereocenters. The van der Waals surface area contributed by atoms with Gasteiger partial charge in [0.05, 0.1) is 5.69 Å². The lowest BCUT2D eigenvalue weighted by Gasteiger charge is -2.33. The summed E-state index contributed by atoms with van der Waals surface area (Å²) in [5, 5.41) is 6.06. The van der Waals surface area contributed by atoms with E-state index in [9.17, 15) is 14.4 Å². The molecule has 35 heavy (non-hydrogen) atoms. The Kier molecular flexibility index (Phi) is 6.67. The van der Waals surface area contributed by atoms with Crippen LogP contribution in [0.25, 0.3) is 11.3 Å². The fourth-order valence-corrected chi connectivity index (χ4v) is 5.53. The van der Waals surface area contributed by atoms with E-state index >= 15 is 0 Å². The topological polar surface area (TPSA) is 94.6 Å². The highest BCUT2D eigenvalue weighted by atomic mass is 16.2. The number of carbonyl (C=O) groups is 3. The zero-order valence-corrected chi connectivity index (χ0v) is 20.4. The number of hydrogen-bond donors (Lipinski definition) is 2. The molecule has 1 saturated carbocycles. The van der Waals surface area contributed by atoms with Gasteiger partial charge >= 0.3 is 0 Å². The van der Waals surface area contributed by atoms with E-state index in [4.69, 9.17) is 0 Å². The van der Waals surface area contributed by atoms with Gasteiger partial charge in [0.1, 0.15) is 6.04 Å². The van der Waals surface area contributed by atoms with E-state index < -0.39 is 6.04 Å². The van der Waals surface area contributed by atoms with Gasteiger partial charge in [-0.1, -0.05) is 6.07 Å². The Morgan fingerprint density at radius 3 is 2.60 bits per heavy atom. The number of piperidine rings is 1. The van der Waals surface area contributed by atoms with E-state index in [-0.39, 0.29) is 24.1 Å². The Hall–Kier alpha value is -3.10. The molecular formula is C27H33N5O3. The lowest BCUT2D eigenvalue weighted by atomic mass is 9.90. The molecule has 3 aliphatic rings. The SMILES string of the molecule is CN(C)C1CCC(NCc2ccnc(-c3ccc4c(c3)CN(C3CCC(=O)NC3=O)C4=O)c2)CC1. The number of amides is 3. The second-order valence-electron chi connectivity index (χ2n) is 10.2. The summed E-state index contributed by atoms with van der Waals surface area (Å²) >= 11 is 0. The molecule has 3 amide bonds. The molecule has 0 radical (unpaired) electrons. The summed E-state index contributed by atoms with van der Waals surface area (Å²) in [6, 6.07) is 10.5. The summed E-state index contributed by atoms with van der Waals surface area (Å²) in [5.41, 5.74) is 4.52. The first-order valence-corrected chi connectivity index (χ1v) is 12.5. The number of aromatic nitrogens is 1. The number of nitrogens with zero attached hydrogens (tertiary/aromatic N) is 3. The molecular weight excluding hydrogens is 442 g/mol. The van der Waals surface area contributed by atoms with Crippen LogP contribution in [0.1, 0.15) is 60.0 Å². The summed E-state index contributed by atoms with van der Waals surface area (Å²) in [6.07, 6.45) is 7.32. The minimum atomic E-state index is -0.601.